The van der Waals surface area contributed by atoms with Crippen LogP contribution in [0.3, 0.4) is 0 Å². The lowest BCUT2D eigenvalue weighted by Gasteiger charge is -2.19. The number of halogens is 1. The van der Waals surface area contributed by atoms with Crippen molar-refractivity contribution in [3.8, 4) is 11.5 Å². The molecule has 0 spiro atoms. The van der Waals surface area contributed by atoms with E-state index < -0.39 is 17.6 Å². The molecule has 8 rings (SSSR count). The van der Waals surface area contributed by atoms with Crippen molar-refractivity contribution in [2.75, 3.05) is 34.9 Å². The van der Waals surface area contributed by atoms with E-state index in [-0.39, 0.29) is 75.2 Å². The molecule has 0 bridgehead atoms. The minimum Gasteiger partial charge on any atom is -0.482 e. The maximum atomic E-state index is 12.8. The molecule has 59 heavy (non-hydrogen) atoms. The fraction of sp³-hybridized carbons (Fsp3) is 0.237. The number of nitrogens with one attached hydrogen (secondary N) is 7. The van der Waals surface area contributed by atoms with Crippen LogP contribution in [0.25, 0.3) is 22.1 Å². The van der Waals surface area contributed by atoms with Gasteiger partial charge in [-0.15, -0.1) is 12.4 Å². The first-order valence-corrected chi connectivity index (χ1v) is 17.4. The molecule has 0 fully saturated rings. The fourth-order valence-electron chi connectivity index (χ4n) is 5.76. The van der Waals surface area contributed by atoms with Gasteiger partial charge in [-0.3, -0.25) is 24.5 Å². The van der Waals surface area contributed by atoms with Gasteiger partial charge in [-0.2, -0.15) is 0 Å². The van der Waals surface area contributed by atoms with Gasteiger partial charge in [0.15, 0.2) is 24.6 Å². The number of nitrogen functional groups attached to an aromatic ring is 1. The first-order valence-electron chi connectivity index (χ1n) is 17.4. The van der Waals surface area contributed by atoms with Crippen LogP contribution in [0.15, 0.2) is 61.4 Å². The van der Waals surface area contributed by atoms with E-state index in [2.05, 4.69) is 56.5 Å². The molecule has 0 atom stereocenters. The molecule has 4 aromatic heterocycles. The lowest BCUT2D eigenvalue weighted by atomic mass is 10.1. The molecule has 2 aliphatic heterocycles. The highest BCUT2D eigenvalue weighted by Gasteiger charge is 2.22. The van der Waals surface area contributed by atoms with Crippen molar-refractivity contribution in [3.05, 3.63) is 84.0 Å². The molecule has 9 N–H and O–H groups in total. The third-order valence-electron chi connectivity index (χ3n) is 8.28. The van der Waals surface area contributed by atoms with Gasteiger partial charge in [0.1, 0.15) is 40.8 Å². The van der Waals surface area contributed by atoms with E-state index in [1.54, 1.807) is 57.3 Å². The monoisotopic (exact) mass is 828 g/mol. The van der Waals surface area contributed by atoms with Gasteiger partial charge in [-0.25, -0.2) is 24.7 Å². The minimum atomic E-state index is -0.651. The Hall–Kier alpha value is -7.48. The quantitative estimate of drug-likeness (QED) is 0.111. The Bertz CT molecular complexity index is 2570. The van der Waals surface area contributed by atoms with Gasteiger partial charge in [0.05, 0.1) is 33.8 Å². The molecule has 2 aromatic carbocycles. The molecular weight excluding hydrogens is 788 g/mol. The predicted octanol–water partition coefficient (Wildman–Crippen LogP) is 4.42. The number of aromatic amines is 2. The van der Waals surface area contributed by atoms with E-state index in [4.69, 9.17) is 19.9 Å². The maximum absolute atomic E-state index is 12.8. The molecule has 0 aliphatic carbocycles. The van der Waals surface area contributed by atoms with Crippen LogP contribution in [0, 0.1) is 0 Å². The molecule has 0 saturated carbocycles. The molecule has 6 aromatic rings. The molecule has 0 unspecified atom stereocenters. The zero-order chi connectivity index (χ0) is 40.3. The van der Waals surface area contributed by atoms with Crippen LogP contribution in [0.1, 0.15) is 60.3 Å². The van der Waals surface area contributed by atoms with Crippen LogP contribution < -0.4 is 41.8 Å². The first kappa shape index (κ1) is 42.7. The Balaban J connectivity index is 0.000000223. The minimum absolute atomic E-state index is 0. The van der Waals surface area contributed by atoms with Gasteiger partial charge in [-0.1, -0.05) is 19.6 Å². The molecule has 21 heteroatoms. The van der Waals surface area contributed by atoms with E-state index in [1.165, 1.54) is 18.9 Å². The Labute approximate surface area is 342 Å². The van der Waals surface area contributed by atoms with Gasteiger partial charge in [-0.05, 0) is 56.2 Å². The number of nitrogens with zero attached hydrogens (tertiary/aromatic N) is 4. The highest BCUT2D eigenvalue weighted by Crippen LogP contribution is 2.30. The van der Waals surface area contributed by atoms with Crippen LogP contribution in [-0.4, -0.2) is 78.4 Å². The number of ether oxygens (including phenoxy) is 3. The van der Waals surface area contributed by atoms with Gasteiger partial charge in [0.2, 0.25) is 0 Å². The smallest absolute Gasteiger partial charge is 0.412 e. The van der Waals surface area contributed by atoms with Crippen molar-refractivity contribution in [3.63, 3.8) is 0 Å². The summed E-state index contributed by atoms with van der Waals surface area (Å²) in [5.41, 5.74) is 10.8. The molecule has 6 heterocycles. The van der Waals surface area contributed by atoms with Crippen molar-refractivity contribution >= 4 is 86.9 Å². The van der Waals surface area contributed by atoms with Crippen molar-refractivity contribution in [2.45, 2.75) is 46.9 Å². The van der Waals surface area contributed by atoms with Crippen molar-refractivity contribution in [1.82, 2.24) is 40.5 Å². The Morgan fingerprint density at radius 1 is 0.763 bits per heavy atom. The molecule has 0 radical (unpaired) electrons. The number of fused-ring (bicyclic) bond motifs is 4. The third kappa shape index (κ3) is 9.92. The first-order chi connectivity index (χ1) is 27.3. The van der Waals surface area contributed by atoms with Crippen molar-refractivity contribution in [2.24, 2.45) is 0 Å². The molecular formula is C38H41ClN12O8. The van der Waals surface area contributed by atoms with Crippen LogP contribution in [0.4, 0.5) is 27.5 Å². The molecule has 20 nitrogen and oxygen atoms in total. The summed E-state index contributed by atoms with van der Waals surface area (Å²) in [7, 11) is 0. The van der Waals surface area contributed by atoms with E-state index in [0.29, 0.717) is 56.3 Å². The summed E-state index contributed by atoms with van der Waals surface area (Å²) in [6, 6.07) is 10.6. The zero-order valence-electron chi connectivity index (χ0n) is 31.1. The van der Waals surface area contributed by atoms with Crippen LogP contribution in [-0.2, 0) is 27.4 Å². The molecule has 308 valence electrons. The van der Waals surface area contributed by atoms with Gasteiger partial charge >= 0.3 is 6.09 Å². The summed E-state index contributed by atoms with van der Waals surface area (Å²) in [5.74, 6) is -0.0398. The standard InChI is InChI=1S/C21H22N6O5.C16H14N6O3.CH4.ClH/c1-21(2,3)32-20(30)27-13-8-22-17-16(13)24-10-25-18(17)19(29)23-7-11-4-5-14-12(6-11)26-15(28)9-31-14;17-9-5-18-14-13(9)20-7-21-15(14)16(24)19-4-8-1-2-11-10(3-8)22-12(23)6-25-11;;/h4-6,8,10,22H,7,9H2,1-3H3,(H,23,29)(H,26,28)(H,27,30);1-3,5,7,18H,4,6,17H2,(H,19,24)(H,22,23);1H4;1H. The van der Waals surface area contributed by atoms with Crippen LogP contribution in [0.2, 0.25) is 0 Å². The normalized spacial score (nSPS) is 12.6. The average molecular weight is 829 g/mol. The number of H-pyrrole nitrogens is 2. The Morgan fingerprint density at radius 2 is 1.25 bits per heavy atom. The fourth-order valence-corrected chi connectivity index (χ4v) is 5.76. The van der Waals surface area contributed by atoms with E-state index in [1.807, 2.05) is 6.07 Å². The zero-order valence-corrected chi connectivity index (χ0v) is 32.0. The number of hydrogen-bond donors (Lipinski definition) is 8. The summed E-state index contributed by atoms with van der Waals surface area (Å²) in [6.45, 7) is 5.74. The summed E-state index contributed by atoms with van der Waals surface area (Å²) in [4.78, 5) is 82.3. The number of amides is 5. The van der Waals surface area contributed by atoms with E-state index >= 15 is 0 Å². The average Bonchev–Trinajstić information content (AvgIpc) is 3.77. The highest BCUT2D eigenvalue weighted by atomic mass is 35.5. The number of aromatic nitrogens is 6. The lowest BCUT2D eigenvalue weighted by Crippen LogP contribution is -2.27. The number of nitrogens with two attached hydrogens (primary N) is 1. The van der Waals surface area contributed by atoms with Gasteiger partial charge < -0.3 is 51.2 Å². The lowest BCUT2D eigenvalue weighted by molar-refractivity contribution is -0.119. The van der Waals surface area contributed by atoms with Gasteiger partial charge in [0, 0.05) is 25.5 Å². The second-order valence-corrected chi connectivity index (χ2v) is 13.7. The number of benzene rings is 2. The second-order valence-electron chi connectivity index (χ2n) is 13.7. The highest BCUT2D eigenvalue weighted by molar-refractivity contribution is 6.07. The molecule has 5 amide bonds. The number of anilines is 4. The molecule has 0 saturated heterocycles. The Kier molecular flexibility index (Phi) is 12.8. The largest absolute Gasteiger partial charge is 0.482 e. The molecule has 2 aliphatic rings. The van der Waals surface area contributed by atoms with Gasteiger partial charge in [0.25, 0.3) is 23.6 Å². The van der Waals surface area contributed by atoms with Crippen molar-refractivity contribution < 1.29 is 38.2 Å². The summed E-state index contributed by atoms with van der Waals surface area (Å²) < 4.78 is 15.9. The van der Waals surface area contributed by atoms with Crippen LogP contribution >= 0.6 is 12.4 Å². The number of carbonyl (C=O) groups excluding carboxylic acids is 5. The SMILES string of the molecule is C.CC(C)(C)OC(=O)Nc1c[nH]c2c(C(=O)NCc3ccc4c(c3)NC(=O)CO4)ncnc12.Cl.Nc1c[nH]c2c(C(=O)NCc3ccc4c(c3)NC(=O)CO4)ncnc12. The predicted molar refractivity (Wildman–Crippen MR) is 219 cm³/mol. The maximum Gasteiger partial charge on any atom is 0.412 e. The van der Waals surface area contributed by atoms with E-state index in [9.17, 15) is 24.0 Å². The van der Waals surface area contributed by atoms with E-state index in [0.717, 1.165) is 11.1 Å². The number of hydrogen-bond acceptors (Lipinski definition) is 13. The van der Waals surface area contributed by atoms with Crippen molar-refractivity contribution in [1.29, 1.82) is 0 Å². The van der Waals surface area contributed by atoms with Crippen LogP contribution in [0.5, 0.6) is 11.5 Å². The number of rotatable bonds is 7. The Morgan fingerprint density at radius 3 is 1.78 bits per heavy atom. The second kappa shape index (κ2) is 17.8. The summed E-state index contributed by atoms with van der Waals surface area (Å²) >= 11 is 0. The number of carbonyl (C=O) groups is 5. The summed E-state index contributed by atoms with van der Waals surface area (Å²) in [6.07, 6.45) is 5.00. The topological polar surface area (TPSA) is 282 Å². The third-order valence-corrected chi connectivity index (χ3v) is 8.28. The summed E-state index contributed by atoms with van der Waals surface area (Å²) in [5, 5.41) is 13.7.